The number of ether oxygens (including phenoxy) is 2. The van der Waals surface area contributed by atoms with Crippen LogP contribution >= 0.6 is 11.6 Å². The first-order valence-electron chi connectivity index (χ1n) is 11.8. The lowest BCUT2D eigenvalue weighted by molar-refractivity contribution is 0.0955. The van der Waals surface area contributed by atoms with Crippen LogP contribution in [-0.4, -0.2) is 31.7 Å². The molecule has 1 amide bonds. The fraction of sp³-hybridized carbons (Fsp3) is 0.133. The number of rotatable bonds is 8. The van der Waals surface area contributed by atoms with E-state index in [2.05, 4.69) is 5.32 Å². The number of carbonyl (C=O) groups is 1. The van der Waals surface area contributed by atoms with E-state index in [1.165, 1.54) is 0 Å². The van der Waals surface area contributed by atoms with E-state index >= 15 is 0 Å². The quantitative estimate of drug-likeness (QED) is 0.247. The normalized spacial score (nSPS) is 10.9. The zero-order chi connectivity index (χ0) is 25.8. The number of halogens is 1. The van der Waals surface area contributed by atoms with Crippen molar-refractivity contribution in [3.63, 3.8) is 0 Å². The lowest BCUT2D eigenvalue weighted by atomic mass is 10.1. The molecular formula is C30H25ClN2O4. The van der Waals surface area contributed by atoms with Gasteiger partial charge in [0.1, 0.15) is 11.5 Å². The summed E-state index contributed by atoms with van der Waals surface area (Å²) >= 11 is 6.34. The summed E-state index contributed by atoms with van der Waals surface area (Å²) in [5.41, 5.74) is 3.64. The molecule has 0 aliphatic carbocycles. The molecule has 1 N–H and O–H groups in total. The number of methoxy groups -OCH3 is 2. The standard InChI is InChI=1S/C30H25ClN2O4/c1-35-28-12-11-19(17-29(28)36-2)15-16-32-30(34)22-18-25(33-24-10-6-4-7-20(22)24)27-14-13-26(37-27)21-8-3-5-9-23(21)31/h3-14,17-18H,15-16H2,1-2H3,(H,32,34). The molecule has 0 unspecified atom stereocenters. The molecule has 5 rings (SSSR count). The van der Waals surface area contributed by atoms with Crippen molar-refractivity contribution >= 4 is 28.4 Å². The lowest BCUT2D eigenvalue weighted by Crippen LogP contribution is -2.26. The second-order valence-electron chi connectivity index (χ2n) is 8.41. The number of nitrogens with zero attached hydrogens (tertiary/aromatic N) is 1. The van der Waals surface area contributed by atoms with Crippen LogP contribution in [0.1, 0.15) is 15.9 Å². The maximum atomic E-state index is 13.3. The maximum absolute atomic E-state index is 13.3. The maximum Gasteiger partial charge on any atom is 0.252 e. The predicted octanol–water partition coefficient (Wildman–Crippen LogP) is 6.80. The van der Waals surface area contributed by atoms with E-state index in [0.29, 0.717) is 57.8 Å². The van der Waals surface area contributed by atoms with Gasteiger partial charge in [-0.1, -0.05) is 48.0 Å². The number of hydrogen-bond donors (Lipinski definition) is 1. The van der Waals surface area contributed by atoms with Gasteiger partial charge in [-0.25, -0.2) is 4.98 Å². The van der Waals surface area contributed by atoms with Gasteiger partial charge < -0.3 is 19.2 Å². The van der Waals surface area contributed by atoms with Crippen molar-refractivity contribution in [2.45, 2.75) is 6.42 Å². The fourth-order valence-corrected chi connectivity index (χ4v) is 4.45. The molecule has 186 valence electrons. The van der Waals surface area contributed by atoms with Crippen LogP contribution < -0.4 is 14.8 Å². The van der Waals surface area contributed by atoms with E-state index in [0.717, 1.165) is 16.5 Å². The summed E-state index contributed by atoms with van der Waals surface area (Å²) in [7, 11) is 3.21. The highest BCUT2D eigenvalue weighted by Crippen LogP contribution is 2.33. The Morgan fingerprint density at radius 2 is 1.65 bits per heavy atom. The molecule has 0 radical (unpaired) electrons. The van der Waals surface area contributed by atoms with Crippen LogP contribution in [0.25, 0.3) is 33.7 Å². The Morgan fingerprint density at radius 1 is 0.892 bits per heavy atom. The third kappa shape index (κ3) is 5.15. The first kappa shape index (κ1) is 24.4. The van der Waals surface area contributed by atoms with Gasteiger partial charge in [0.25, 0.3) is 5.91 Å². The summed E-state index contributed by atoms with van der Waals surface area (Å²) in [4.78, 5) is 18.0. The number of aromatic nitrogens is 1. The Labute approximate surface area is 219 Å². The Bertz CT molecular complexity index is 1580. The van der Waals surface area contributed by atoms with Gasteiger partial charge in [-0.15, -0.1) is 0 Å². The molecule has 0 aliphatic rings. The minimum Gasteiger partial charge on any atom is -0.493 e. The van der Waals surface area contributed by atoms with Crippen LogP contribution in [0.4, 0.5) is 0 Å². The highest BCUT2D eigenvalue weighted by atomic mass is 35.5. The van der Waals surface area contributed by atoms with Crippen molar-refractivity contribution in [2.24, 2.45) is 0 Å². The molecule has 2 aromatic heterocycles. The molecule has 2 heterocycles. The topological polar surface area (TPSA) is 73.6 Å². The molecule has 5 aromatic rings. The SMILES string of the molecule is COc1ccc(CCNC(=O)c2cc(-c3ccc(-c4ccccc4Cl)o3)nc3ccccc23)cc1OC. The van der Waals surface area contributed by atoms with E-state index in [1.54, 1.807) is 20.3 Å². The predicted molar refractivity (Wildman–Crippen MR) is 145 cm³/mol. The van der Waals surface area contributed by atoms with Gasteiger partial charge in [0.05, 0.1) is 30.3 Å². The number of hydrogen-bond acceptors (Lipinski definition) is 5. The molecule has 0 saturated heterocycles. The molecule has 3 aromatic carbocycles. The highest BCUT2D eigenvalue weighted by Gasteiger charge is 2.17. The molecule has 37 heavy (non-hydrogen) atoms. The highest BCUT2D eigenvalue weighted by molar-refractivity contribution is 6.33. The van der Waals surface area contributed by atoms with Gasteiger partial charge in [-0.2, -0.15) is 0 Å². The molecule has 6 nitrogen and oxygen atoms in total. The van der Waals surface area contributed by atoms with Gasteiger partial charge in [-0.3, -0.25) is 4.79 Å². The van der Waals surface area contributed by atoms with Gasteiger partial charge in [-0.05, 0) is 60.5 Å². The van der Waals surface area contributed by atoms with Crippen LogP contribution in [0.5, 0.6) is 11.5 Å². The van der Waals surface area contributed by atoms with E-state index in [4.69, 9.17) is 30.5 Å². The summed E-state index contributed by atoms with van der Waals surface area (Å²) in [5.74, 6) is 2.34. The number of amides is 1. The first-order valence-corrected chi connectivity index (χ1v) is 12.2. The monoisotopic (exact) mass is 512 g/mol. The minimum atomic E-state index is -0.182. The van der Waals surface area contributed by atoms with Crippen molar-refractivity contribution in [2.75, 3.05) is 20.8 Å². The molecule has 0 aliphatic heterocycles. The average molecular weight is 513 g/mol. The molecule has 7 heteroatoms. The molecule has 0 spiro atoms. The van der Waals surface area contributed by atoms with Crippen molar-refractivity contribution in [3.8, 4) is 34.3 Å². The van der Waals surface area contributed by atoms with E-state index in [9.17, 15) is 4.79 Å². The minimum absolute atomic E-state index is 0.182. The third-order valence-corrected chi connectivity index (χ3v) is 6.44. The van der Waals surface area contributed by atoms with Crippen LogP contribution in [0.2, 0.25) is 5.02 Å². The largest absolute Gasteiger partial charge is 0.493 e. The van der Waals surface area contributed by atoms with Crippen LogP contribution in [0.3, 0.4) is 0 Å². The number of fused-ring (bicyclic) bond motifs is 1. The number of carbonyl (C=O) groups excluding carboxylic acids is 1. The number of para-hydroxylation sites is 1. The Hall–Kier alpha value is -4.29. The van der Waals surface area contributed by atoms with Crippen molar-refractivity contribution in [3.05, 3.63) is 101 Å². The lowest BCUT2D eigenvalue weighted by Gasteiger charge is -2.11. The van der Waals surface area contributed by atoms with Crippen molar-refractivity contribution in [1.82, 2.24) is 10.3 Å². The van der Waals surface area contributed by atoms with E-state index < -0.39 is 0 Å². The molecule has 0 fully saturated rings. The van der Waals surface area contributed by atoms with Gasteiger partial charge in [0.2, 0.25) is 0 Å². The average Bonchev–Trinajstić information content (AvgIpc) is 3.42. The molecule has 0 bridgehead atoms. The third-order valence-electron chi connectivity index (χ3n) is 6.11. The Balaban J connectivity index is 1.39. The van der Waals surface area contributed by atoms with Crippen molar-refractivity contribution < 1.29 is 18.7 Å². The van der Waals surface area contributed by atoms with Crippen molar-refractivity contribution in [1.29, 1.82) is 0 Å². The number of nitrogens with one attached hydrogen (secondary N) is 1. The zero-order valence-electron chi connectivity index (χ0n) is 20.5. The van der Waals surface area contributed by atoms with Gasteiger partial charge in [0.15, 0.2) is 17.3 Å². The second kappa shape index (κ2) is 10.8. The van der Waals surface area contributed by atoms with E-state index in [1.807, 2.05) is 78.9 Å². The van der Waals surface area contributed by atoms with Crippen LogP contribution in [0.15, 0.2) is 89.3 Å². The number of benzene rings is 3. The smallest absolute Gasteiger partial charge is 0.252 e. The van der Waals surface area contributed by atoms with Gasteiger partial charge in [0, 0.05) is 17.5 Å². The van der Waals surface area contributed by atoms with E-state index in [-0.39, 0.29) is 5.91 Å². The zero-order valence-corrected chi connectivity index (χ0v) is 21.2. The Kier molecular flexibility index (Phi) is 7.10. The summed E-state index contributed by atoms with van der Waals surface area (Å²) in [6, 6.07) is 26.3. The number of pyridine rings is 1. The molecular weight excluding hydrogens is 488 g/mol. The summed E-state index contributed by atoms with van der Waals surface area (Å²) < 4.78 is 16.8. The summed E-state index contributed by atoms with van der Waals surface area (Å²) in [5, 5.41) is 4.41. The first-order chi connectivity index (χ1) is 18.1. The molecule has 0 atom stereocenters. The van der Waals surface area contributed by atoms with Gasteiger partial charge >= 0.3 is 0 Å². The summed E-state index contributed by atoms with van der Waals surface area (Å²) in [6.45, 7) is 0.456. The second-order valence-corrected chi connectivity index (χ2v) is 8.82. The Morgan fingerprint density at radius 3 is 2.46 bits per heavy atom. The fourth-order valence-electron chi connectivity index (χ4n) is 4.22. The van der Waals surface area contributed by atoms with Crippen LogP contribution in [0, 0.1) is 0 Å². The van der Waals surface area contributed by atoms with Crippen LogP contribution in [-0.2, 0) is 6.42 Å². The number of furan rings is 1. The summed E-state index contributed by atoms with van der Waals surface area (Å²) in [6.07, 6.45) is 0.640. The molecule has 0 saturated carbocycles.